The van der Waals surface area contributed by atoms with E-state index in [4.69, 9.17) is 5.73 Å². The quantitative estimate of drug-likeness (QED) is 0.764. The molecule has 0 aliphatic heterocycles. The van der Waals surface area contributed by atoms with Crippen molar-refractivity contribution in [2.45, 2.75) is 57.2 Å². The van der Waals surface area contributed by atoms with Crippen molar-refractivity contribution in [1.29, 1.82) is 0 Å². The van der Waals surface area contributed by atoms with E-state index in [0.717, 1.165) is 33.3 Å². The summed E-state index contributed by atoms with van der Waals surface area (Å²) in [6.07, 6.45) is 5.06. The summed E-state index contributed by atoms with van der Waals surface area (Å²) in [6, 6.07) is 3.60. The Kier molecular flexibility index (Phi) is 4.20. The molecular formula is C17H22N4OS2. The molecule has 2 fully saturated rings. The van der Waals surface area contributed by atoms with E-state index >= 15 is 0 Å². The number of hydrogen-bond donors (Lipinski definition) is 3. The maximum Gasteiger partial charge on any atom is 0.257 e. The zero-order valence-electron chi connectivity index (χ0n) is 13.8. The lowest BCUT2D eigenvalue weighted by atomic mass is 9.87. The topological polar surface area (TPSA) is 80.0 Å². The number of thiazole rings is 1. The maximum absolute atomic E-state index is 12.5. The first-order valence-corrected chi connectivity index (χ1v) is 9.98. The van der Waals surface area contributed by atoms with Gasteiger partial charge in [-0.1, -0.05) is 0 Å². The summed E-state index contributed by atoms with van der Waals surface area (Å²) in [5.74, 6) is 0.520. The van der Waals surface area contributed by atoms with Gasteiger partial charge in [0, 0.05) is 33.8 Å². The van der Waals surface area contributed by atoms with Crippen LogP contribution in [-0.4, -0.2) is 29.0 Å². The van der Waals surface area contributed by atoms with Crippen LogP contribution in [0.4, 0.5) is 5.00 Å². The van der Waals surface area contributed by atoms with Gasteiger partial charge in [-0.2, -0.15) is 0 Å². The van der Waals surface area contributed by atoms with Gasteiger partial charge < -0.3 is 16.4 Å². The number of hydrogen-bond acceptors (Lipinski definition) is 6. The molecule has 0 radical (unpaired) electrons. The molecule has 1 amide bonds. The molecule has 24 heavy (non-hydrogen) atoms. The fourth-order valence-corrected chi connectivity index (χ4v) is 5.18. The van der Waals surface area contributed by atoms with E-state index in [1.54, 1.807) is 17.5 Å². The Labute approximate surface area is 149 Å². The minimum absolute atomic E-state index is 0.0335. The molecule has 2 aliphatic rings. The second-order valence-corrected chi connectivity index (χ2v) is 9.38. The molecule has 0 spiro atoms. The molecule has 5 nitrogen and oxygen atoms in total. The third-order valence-electron chi connectivity index (χ3n) is 4.82. The van der Waals surface area contributed by atoms with Crippen LogP contribution in [0.15, 0.2) is 12.3 Å². The van der Waals surface area contributed by atoms with E-state index in [1.165, 1.54) is 22.6 Å². The van der Waals surface area contributed by atoms with Gasteiger partial charge in [0.15, 0.2) is 0 Å². The second-order valence-electron chi connectivity index (χ2n) is 6.86. The number of thiophene rings is 1. The molecule has 128 valence electrons. The molecule has 2 aromatic heterocycles. The van der Waals surface area contributed by atoms with Gasteiger partial charge in [-0.05, 0) is 39.2 Å². The Morgan fingerprint density at radius 3 is 2.75 bits per heavy atom. The Balaban J connectivity index is 1.38. The van der Waals surface area contributed by atoms with E-state index in [2.05, 4.69) is 21.7 Å². The first kappa shape index (κ1) is 16.2. The summed E-state index contributed by atoms with van der Waals surface area (Å²) in [5.41, 5.74) is 6.64. The van der Waals surface area contributed by atoms with Gasteiger partial charge in [-0.25, -0.2) is 4.98 Å². The lowest BCUT2D eigenvalue weighted by molar-refractivity contribution is 0.102. The number of carbonyl (C=O) groups is 1. The number of nitrogens with two attached hydrogens (primary N) is 1. The lowest BCUT2D eigenvalue weighted by Gasteiger charge is -2.33. The molecule has 0 bridgehead atoms. The van der Waals surface area contributed by atoms with Crippen molar-refractivity contribution < 1.29 is 4.79 Å². The van der Waals surface area contributed by atoms with Crippen molar-refractivity contribution >= 4 is 33.6 Å². The first-order valence-electron chi connectivity index (χ1n) is 8.35. The minimum Gasteiger partial charge on any atom is -0.328 e. The fraction of sp³-hybridized carbons (Fsp3) is 0.529. The normalized spacial score (nSPS) is 28.5. The van der Waals surface area contributed by atoms with Crippen molar-refractivity contribution in [3.8, 4) is 0 Å². The molecule has 4 rings (SSSR count). The number of aryl methyl sites for hydroxylation is 2. The molecule has 2 aliphatic carbocycles. The van der Waals surface area contributed by atoms with Crippen LogP contribution in [0, 0.1) is 13.8 Å². The van der Waals surface area contributed by atoms with Gasteiger partial charge in [0.1, 0.15) is 5.00 Å². The third kappa shape index (κ3) is 3.26. The Morgan fingerprint density at radius 1 is 1.29 bits per heavy atom. The molecule has 0 aromatic carbocycles. The average Bonchev–Trinajstić information content (AvgIpc) is 2.97. The number of carbonyl (C=O) groups excluding carboxylic acids is 1. The highest BCUT2D eigenvalue weighted by atomic mass is 32.1. The average molecular weight is 363 g/mol. The van der Waals surface area contributed by atoms with Gasteiger partial charge in [-0.15, -0.1) is 22.7 Å². The SMILES string of the molecule is Cc1ncc(NC(=O)c2cc(C3CC3NC3CC(N)C3)sc2C)s1. The standard InChI is InChI=1S/C17H22N4OS2/c1-8-12(17(22)21-16-7-19-9(2)24-16)6-15(23-8)13-5-14(13)20-11-3-10(18)4-11/h6-7,10-11,13-14,20H,3-5,18H2,1-2H3,(H,21,22). The van der Waals surface area contributed by atoms with Gasteiger partial charge in [0.05, 0.1) is 16.8 Å². The van der Waals surface area contributed by atoms with Crippen molar-refractivity contribution in [3.63, 3.8) is 0 Å². The molecule has 7 heteroatoms. The highest BCUT2D eigenvalue weighted by molar-refractivity contribution is 7.15. The van der Waals surface area contributed by atoms with E-state index < -0.39 is 0 Å². The number of aromatic nitrogens is 1. The molecule has 4 N–H and O–H groups in total. The Bertz CT molecular complexity index is 762. The smallest absolute Gasteiger partial charge is 0.257 e. The number of rotatable bonds is 5. The van der Waals surface area contributed by atoms with E-state index in [1.807, 2.05) is 13.8 Å². The monoisotopic (exact) mass is 362 g/mol. The number of nitrogens with one attached hydrogen (secondary N) is 2. The first-order chi connectivity index (χ1) is 11.5. The zero-order chi connectivity index (χ0) is 16.8. The second kappa shape index (κ2) is 6.22. The molecule has 2 unspecified atom stereocenters. The Morgan fingerprint density at radius 2 is 2.08 bits per heavy atom. The summed E-state index contributed by atoms with van der Waals surface area (Å²) in [6.45, 7) is 3.96. The summed E-state index contributed by atoms with van der Waals surface area (Å²) in [7, 11) is 0. The van der Waals surface area contributed by atoms with Crippen LogP contribution in [0.25, 0.3) is 0 Å². The predicted molar refractivity (Wildman–Crippen MR) is 99.1 cm³/mol. The summed E-state index contributed by atoms with van der Waals surface area (Å²) in [5, 5.41) is 8.40. The highest BCUT2D eigenvalue weighted by Crippen LogP contribution is 2.45. The largest absolute Gasteiger partial charge is 0.328 e. The Hall–Kier alpha value is -1.28. The van der Waals surface area contributed by atoms with Crippen molar-refractivity contribution in [1.82, 2.24) is 10.3 Å². The summed E-state index contributed by atoms with van der Waals surface area (Å²) in [4.78, 5) is 19.1. The molecule has 2 saturated carbocycles. The third-order valence-corrected chi connectivity index (χ3v) is 6.83. The molecule has 0 saturated heterocycles. The van der Waals surface area contributed by atoms with Crippen LogP contribution in [0.5, 0.6) is 0 Å². The molecular weight excluding hydrogens is 340 g/mol. The van der Waals surface area contributed by atoms with Crippen LogP contribution in [0.2, 0.25) is 0 Å². The highest BCUT2D eigenvalue weighted by Gasteiger charge is 2.42. The molecule has 2 aromatic rings. The number of amides is 1. The number of nitrogens with zero attached hydrogens (tertiary/aromatic N) is 1. The van der Waals surface area contributed by atoms with Gasteiger partial charge in [0.25, 0.3) is 5.91 Å². The van der Waals surface area contributed by atoms with Crippen molar-refractivity contribution in [2.24, 2.45) is 5.73 Å². The van der Waals surface area contributed by atoms with E-state index in [0.29, 0.717) is 24.0 Å². The van der Waals surface area contributed by atoms with Crippen LogP contribution in [-0.2, 0) is 0 Å². The van der Waals surface area contributed by atoms with Crippen LogP contribution < -0.4 is 16.4 Å². The lowest BCUT2D eigenvalue weighted by Crippen LogP contribution is -2.49. The zero-order valence-corrected chi connectivity index (χ0v) is 15.5. The van der Waals surface area contributed by atoms with Crippen LogP contribution in [0.1, 0.15) is 50.3 Å². The molecule has 2 heterocycles. The fourth-order valence-electron chi connectivity index (χ4n) is 3.31. The minimum atomic E-state index is -0.0335. The van der Waals surface area contributed by atoms with E-state index in [9.17, 15) is 4.79 Å². The van der Waals surface area contributed by atoms with Gasteiger partial charge in [-0.3, -0.25) is 4.79 Å². The van der Waals surface area contributed by atoms with Crippen molar-refractivity contribution in [2.75, 3.05) is 5.32 Å². The van der Waals surface area contributed by atoms with Crippen LogP contribution >= 0.6 is 22.7 Å². The van der Waals surface area contributed by atoms with E-state index in [-0.39, 0.29) is 5.91 Å². The van der Waals surface area contributed by atoms with Crippen molar-refractivity contribution in [3.05, 3.63) is 32.6 Å². The van der Waals surface area contributed by atoms with Gasteiger partial charge >= 0.3 is 0 Å². The molecule has 2 atom stereocenters. The van der Waals surface area contributed by atoms with Crippen LogP contribution in [0.3, 0.4) is 0 Å². The maximum atomic E-state index is 12.5. The summed E-state index contributed by atoms with van der Waals surface area (Å²) < 4.78 is 0. The van der Waals surface area contributed by atoms with Gasteiger partial charge in [0.2, 0.25) is 0 Å². The summed E-state index contributed by atoms with van der Waals surface area (Å²) >= 11 is 3.25. The number of anilines is 1. The predicted octanol–water partition coefficient (Wildman–Crippen LogP) is 3.01.